The minimum atomic E-state index is -4.07. The van der Waals surface area contributed by atoms with Crippen LogP contribution >= 0.6 is 0 Å². The predicted octanol–water partition coefficient (Wildman–Crippen LogP) is 0.273. The van der Waals surface area contributed by atoms with E-state index in [1.54, 1.807) is 0 Å². The highest BCUT2D eigenvalue weighted by Gasteiger charge is 2.16. The van der Waals surface area contributed by atoms with Crippen molar-refractivity contribution in [1.29, 1.82) is 0 Å². The van der Waals surface area contributed by atoms with Gasteiger partial charge >= 0.3 is 0 Å². The molecular formula is C6H14O5S. The van der Waals surface area contributed by atoms with Gasteiger partial charge in [0.2, 0.25) is 0 Å². The molecule has 0 bridgehead atoms. The van der Waals surface area contributed by atoms with E-state index in [-0.39, 0.29) is 6.61 Å². The molecule has 1 unspecified atom stereocenters. The first kappa shape index (κ1) is 11.8. The van der Waals surface area contributed by atoms with Crippen molar-refractivity contribution in [3.05, 3.63) is 0 Å². The summed E-state index contributed by atoms with van der Waals surface area (Å²) >= 11 is 0. The Morgan fingerprint density at radius 1 is 1.42 bits per heavy atom. The van der Waals surface area contributed by atoms with Crippen LogP contribution in [0.15, 0.2) is 0 Å². The van der Waals surface area contributed by atoms with Crippen molar-refractivity contribution in [2.75, 3.05) is 19.8 Å². The van der Waals surface area contributed by atoms with E-state index in [2.05, 4.69) is 0 Å². The number of hydrogen-bond donors (Lipinski definition) is 1. The molecule has 0 aromatic heterocycles. The van der Waals surface area contributed by atoms with Gasteiger partial charge in [-0.15, -0.1) is 0 Å². The van der Waals surface area contributed by atoms with Crippen molar-refractivity contribution in [3.8, 4) is 0 Å². The first-order valence-electron chi connectivity index (χ1n) is 3.64. The summed E-state index contributed by atoms with van der Waals surface area (Å²) in [5.74, 6) is 0. The first-order valence-corrected chi connectivity index (χ1v) is 5.14. The lowest BCUT2D eigenvalue weighted by molar-refractivity contribution is 0.0415. The van der Waals surface area contributed by atoms with Crippen molar-refractivity contribution in [3.63, 3.8) is 0 Å². The van der Waals surface area contributed by atoms with Gasteiger partial charge in [0, 0.05) is 6.61 Å². The normalized spacial score (nSPS) is 14.6. The fraction of sp³-hybridized carbons (Fsp3) is 1.00. The predicted molar refractivity (Wildman–Crippen MR) is 43.5 cm³/mol. The van der Waals surface area contributed by atoms with Crippen LogP contribution in [0.2, 0.25) is 0 Å². The van der Waals surface area contributed by atoms with Crippen LogP contribution in [-0.4, -0.2) is 38.2 Å². The molecule has 0 aromatic carbocycles. The fourth-order valence-corrected chi connectivity index (χ4v) is 0.772. The summed E-state index contributed by atoms with van der Waals surface area (Å²) < 4.78 is 38.9. The Morgan fingerprint density at radius 3 is 2.42 bits per heavy atom. The molecule has 0 aromatic rings. The summed E-state index contributed by atoms with van der Waals surface area (Å²) in [7, 11) is -4.07. The standard InChI is InChI=1S/C6H14O5S/c1-3-10-4-5-11-6(2)12(7,8)9/h6H,3-5H2,1-2H3,(H,7,8,9). The average molecular weight is 198 g/mol. The van der Waals surface area contributed by atoms with Crippen LogP contribution in [0.3, 0.4) is 0 Å². The molecule has 0 rings (SSSR count). The van der Waals surface area contributed by atoms with Gasteiger partial charge in [0.25, 0.3) is 10.1 Å². The largest absolute Gasteiger partial charge is 0.379 e. The molecule has 1 atom stereocenters. The van der Waals surface area contributed by atoms with E-state index >= 15 is 0 Å². The van der Waals surface area contributed by atoms with Crippen LogP contribution < -0.4 is 0 Å². The van der Waals surface area contributed by atoms with E-state index in [0.29, 0.717) is 13.2 Å². The Hall–Kier alpha value is -0.170. The molecule has 0 saturated heterocycles. The van der Waals surface area contributed by atoms with E-state index in [1.165, 1.54) is 6.92 Å². The van der Waals surface area contributed by atoms with E-state index in [4.69, 9.17) is 14.0 Å². The van der Waals surface area contributed by atoms with Gasteiger partial charge in [0.1, 0.15) is 0 Å². The van der Waals surface area contributed by atoms with Crippen molar-refractivity contribution < 1.29 is 22.4 Å². The van der Waals surface area contributed by atoms with E-state index in [0.717, 1.165) is 0 Å². The van der Waals surface area contributed by atoms with Gasteiger partial charge in [-0.2, -0.15) is 8.42 Å². The zero-order chi connectivity index (χ0) is 9.61. The lowest BCUT2D eigenvalue weighted by Gasteiger charge is -2.09. The minimum Gasteiger partial charge on any atom is -0.379 e. The molecule has 6 heteroatoms. The average Bonchev–Trinajstić information content (AvgIpc) is 1.96. The molecule has 74 valence electrons. The zero-order valence-corrected chi connectivity index (χ0v) is 8.00. The van der Waals surface area contributed by atoms with Crippen molar-refractivity contribution in [2.45, 2.75) is 19.3 Å². The van der Waals surface area contributed by atoms with Crippen LogP contribution in [0.5, 0.6) is 0 Å². The van der Waals surface area contributed by atoms with Crippen LogP contribution in [0.1, 0.15) is 13.8 Å². The van der Waals surface area contributed by atoms with Gasteiger partial charge in [-0.1, -0.05) is 0 Å². The lowest BCUT2D eigenvalue weighted by Crippen LogP contribution is -2.22. The molecule has 0 aliphatic rings. The van der Waals surface area contributed by atoms with Crippen molar-refractivity contribution >= 4 is 10.1 Å². The molecular weight excluding hydrogens is 184 g/mol. The fourth-order valence-electron chi connectivity index (χ4n) is 0.503. The molecule has 5 nitrogen and oxygen atoms in total. The maximum Gasteiger partial charge on any atom is 0.291 e. The highest BCUT2D eigenvalue weighted by Crippen LogP contribution is 1.98. The van der Waals surface area contributed by atoms with Gasteiger partial charge in [0.05, 0.1) is 13.2 Å². The van der Waals surface area contributed by atoms with E-state index in [9.17, 15) is 8.42 Å². The number of rotatable bonds is 6. The Kier molecular flexibility index (Phi) is 5.39. The zero-order valence-electron chi connectivity index (χ0n) is 7.19. The SMILES string of the molecule is CCOCCOC(C)S(=O)(=O)O. The summed E-state index contributed by atoms with van der Waals surface area (Å²) in [6.45, 7) is 4.14. The first-order chi connectivity index (χ1) is 5.48. The Labute approximate surface area is 72.4 Å². The van der Waals surface area contributed by atoms with E-state index in [1.807, 2.05) is 6.92 Å². The molecule has 0 fully saturated rings. The van der Waals surface area contributed by atoms with Crippen molar-refractivity contribution in [2.24, 2.45) is 0 Å². The summed E-state index contributed by atoms with van der Waals surface area (Å²) in [5, 5.41) is 0. The third-order valence-electron chi connectivity index (χ3n) is 1.20. The summed E-state index contributed by atoms with van der Waals surface area (Å²) in [4.78, 5) is 0. The van der Waals surface area contributed by atoms with Crippen LogP contribution in [-0.2, 0) is 19.6 Å². The monoisotopic (exact) mass is 198 g/mol. The van der Waals surface area contributed by atoms with Gasteiger partial charge < -0.3 is 9.47 Å². The molecule has 1 N–H and O–H groups in total. The molecule has 0 radical (unpaired) electrons. The second kappa shape index (κ2) is 5.47. The lowest BCUT2D eigenvalue weighted by atomic mass is 10.7. The van der Waals surface area contributed by atoms with Crippen LogP contribution in [0.25, 0.3) is 0 Å². The third-order valence-corrected chi connectivity index (χ3v) is 2.18. The summed E-state index contributed by atoms with van der Waals surface area (Å²) in [6.07, 6.45) is 0. The second-order valence-corrected chi connectivity index (χ2v) is 3.84. The van der Waals surface area contributed by atoms with Gasteiger partial charge in [0.15, 0.2) is 5.44 Å². The third kappa shape index (κ3) is 5.48. The summed E-state index contributed by atoms with van der Waals surface area (Å²) in [5.41, 5.74) is -1.18. The van der Waals surface area contributed by atoms with Gasteiger partial charge in [-0.25, -0.2) is 0 Å². The Bertz CT molecular complexity index is 198. The number of ether oxygens (including phenoxy) is 2. The molecule has 0 spiro atoms. The highest BCUT2D eigenvalue weighted by molar-refractivity contribution is 7.86. The van der Waals surface area contributed by atoms with Crippen LogP contribution in [0, 0.1) is 0 Å². The smallest absolute Gasteiger partial charge is 0.291 e. The quantitative estimate of drug-likeness (QED) is 0.490. The molecule has 0 aliphatic carbocycles. The Morgan fingerprint density at radius 2 is 2.00 bits per heavy atom. The Balaban J connectivity index is 3.52. The number of hydrogen-bond acceptors (Lipinski definition) is 4. The van der Waals surface area contributed by atoms with E-state index < -0.39 is 15.6 Å². The maximum absolute atomic E-state index is 10.4. The minimum absolute atomic E-state index is 0.162. The molecule has 0 heterocycles. The topological polar surface area (TPSA) is 72.8 Å². The molecule has 0 aliphatic heterocycles. The molecule has 12 heavy (non-hydrogen) atoms. The molecule has 0 amide bonds. The second-order valence-electron chi connectivity index (χ2n) is 2.15. The van der Waals surface area contributed by atoms with Crippen LogP contribution in [0.4, 0.5) is 0 Å². The maximum atomic E-state index is 10.4. The highest BCUT2D eigenvalue weighted by atomic mass is 32.2. The van der Waals surface area contributed by atoms with Crippen molar-refractivity contribution in [1.82, 2.24) is 0 Å². The summed E-state index contributed by atoms with van der Waals surface area (Å²) in [6, 6.07) is 0. The molecule has 0 saturated carbocycles. The van der Waals surface area contributed by atoms with Gasteiger partial charge in [-0.3, -0.25) is 4.55 Å². The van der Waals surface area contributed by atoms with Gasteiger partial charge in [-0.05, 0) is 13.8 Å².